The minimum Gasteiger partial charge on any atom is -0.478 e. The molecule has 1 aliphatic carbocycles. The highest BCUT2D eigenvalue weighted by Gasteiger charge is 2.37. The summed E-state index contributed by atoms with van der Waals surface area (Å²) >= 11 is 0. The predicted molar refractivity (Wildman–Crippen MR) is 131 cm³/mol. The van der Waals surface area contributed by atoms with Gasteiger partial charge >= 0.3 is 5.97 Å². The van der Waals surface area contributed by atoms with Gasteiger partial charge in [0.1, 0.15) is 0 Å². The van der Waals surface area contributed by atoms with Crippen LogP contribution in [-0.4, -0.2) is 11.1 Å². The lowest BCUT2D eigenvalue weighted by atomic mass is 9.62. The van der Waals surface area contributed by atoms with Crippen LogP contribution in [0, 0.1) is 6.92 Å². The Balaban J connectivity index is 1.97. The number of carboxylic acid groups (broad SMARTS) is 1. The van der Waals surface area contributed by atoms with Crippen molar-refractivity contribution >= 4 is 12.0 Å². The Labute approximate surface area is 187 Å². The summed E-state index contributed by atoms with van der Waals surface area (Å²) in [7, 11) is 0. The largest absolute Gasteiger partial charge is 0.478 e. The van der Waals surface area contributed by atoms with E-state index in [1.165, 1.54) is 29.5 Å². The quantitative estimate of drug-likeness (QED) is 0.488. The summed E-state index contributed by atoms with van der Waals surface area (Å²) in [6.45, 7) is 13.4. The van der Waals surface area contributed by atoms with Gasteiger partial charge in [0.25, 0.3) is 0 Å². The van der Waals surface area contributed by atoms with E-state index >= 15 is 0 Å². The topological polar surface area (TPSA) is 37.3 Å². The van der Waals surface area contributed by atoms with Crippen LogP contribution in [0.25, 0.3) is 6.08 Å². The van der Waals surface area contributed by atoms with Gasteiger partial charge in [0.05, 0.1) is 5.56 Å². The molecule has 2 aromatic carbocycles. The lowest BCUT2D eigenvalue weighted by Crippen LogP contribution is -2.33. The number of carboxylic acids is 1. The summed E-state index contributed by atoms with van der Waals surface area (Å²) in [6.07, 6.45) is 12.1. The molecule has 0 saturated carbocycles. The number of benzene rings is 2. The molecule has 0 bridgehead atoms. The molecule has 3 rings (SSSR count). The summed E-state index contributed by atoms with van der Waals surface area (Å²) < 4.78 is 0. The second-order valence-electron chi connectivity index (χ2n) is 10.2. The summed E-state index contributed by atoms with van der Waals surface area (Å²) in [5, 5.41) is 9.27. The zero-order valence-electron chi connectivity index (χ0n) is 19.8. The zero-order valence-corrected chi connectivity index (χ0v) is 19.8. The SMILES string of the molecule is C/C=C/CC(/C=C/c1ccc(C(=O)O)c(C)c1)c1ccc2c(c1)C(C)(C)CCC2(C)C. The number of rotatable bonds is 6. The third-order valence-electron chi connectivity index (χ3n) is 6.93. The molecular formula is C29H36O2. The number of aryl methyl sites for hydroxylation is 1. The lowest BCUT2D eigenvalue weighted by Gasteiger charge is -2.42. The van der Waals surface area contributed by atoms with Crippen molar-refractivity contribution in [2.24, 2.45) is 0 Å². The number of aromatic carboxylic acids is 1. The van der Waals surface area contributed by atoms with Gasteiger partial charge in [-0.15, -0.1) is 0 Å². The minimum absolute atomic E-state index is 0.194. The summed E-state index contributed by atoms with van der Waals surface area (Å²) in [5.74, 6) is -0.597. The van der Waals surface area contributed by atoms with Crippen LogP contribution in [0.3, 0.4) is 0 Å². The van der Waals surface area contributed by atoms with E-state index in [9.17, 15) is 9.90 Å². The van der Waals surface area contributed by atoms with E-state index in [1.54, 1.807) is 6.07 Å². The van der Waals surface area contributed by atoms with Crippen LogP contribution in [0.5, 0.6) is 0 Å². The molecule has 0 aromatic heterocycles. The van der Waals surface area contributed by atoms with E-state index in [1.807, 2.05) is 19.1 Å². The first-order valence-corrected chi connectivity index (χ1v) is 11.3. The van der Waals surface area contributed by atoms with Gasteiger partial charge in [-0.1, -0.05) is 82.3 Å². The van der Waals surface area contributed by atoms with Gasteiger partial charge in [-0.2, -0.15) is 0 Å². The predicted octanol–water partition coefficient (Wildman–Crippen LogP) is 7.81. The van der Waals surface area contributed by atoms with Crippen LogP contribution >= 0.6 is 0 Å². The Morgan fingerprint density at radius 1 is 1.03 bits per heavy atom. The van der Waals surface area contributed by atoms with Crippen LogP contribution in [0.15, 0.2) is 54.6 Å². The molecule has 2 nitrogen and oxygen atoms in total. The fourth-order valence-electron chi connectivity index (χ4n) is 4.70. The van der Waals surface area contributed by atoms with Crippen molar-refractivity contribution in [1.29, 1.82) is 0 Å². The first-order valence-electron chi connectivity index (χ1n) is 11.3. The monoisotopic (exact) mass is 416 g/mol. The van der Waals surface area contributed by atoms with Gasteiger partial charge in [0, 0.05) is 5.92 Å². The number of carbonyl (C=O) groups is 1. The molecule has 0 heterocycles. The molecule has 0 spiro atoms. The smallest absolute Gasteiger partial charge is 0.335 e. The average Bonchev–Trinajstić information content (AvgIpc) is 2.71. The zero-order chi connectivity index (χ0) is 22.8. The Morgan fingerprint density at radius 3 is 2.32 bits per heavy atom. The molecule has 0 amide bonds. The molecule has 1 atom stereocenters. The van der Waals surface area contributed by atoms with Crippen LogP contribution in [-0.2, 0) is 10.8 Å². The molecule has 2 heteroatoms. The van der Waals surface area contributed by atoms with Crippen molar-refractivity contribution < 1.29 is 9.90 Å². The fourth-order valence-corrected chi connectivity index (χ4v) is 4.70. The Bertz CT molecular complexity index is 1020. The molecule has 0 aliphatic heterocycles. The summed E-state index contributed by atoms with van der Waals surface area (Å²) in [5.41, 5.74) is 6.92. The molecule has 0 fully saturated rings. The number of hydrogen-bond acceptors (Lipinski definition) is 1. The molecule has 2 aromatic rings. The van der Waals surface area contributed by atoms with Gasteiger partial charge in [-0.3, -0.25) is 0 Å². The maximum atomic E-state index is 11.3. The Hall–Kier alpha value is -2.61. The highest BCUT2D eigenvalue weighted by molar-refractivity contribution is 5.89. The van der Waals surface area contributed by atoms with E-state index in [0.29, 0.717) is 5.56 Å². The van der Waals surface area contributed by atoms with Crippen molar-refractivity contribution in [3.8, 4) is 0 Å². The van der Waals surface area contributed by atoms with Crippen LogP contribution in [0.2, 0.25) is 0 Å². The second-order valence-corrected chi connectivity index (χ2v) is 10.2. The highest BCUT2D eigenvalue weighted by atomic mass is 16.4. The molecule has 1 N–H and O–H groups in total. The van der Waals surface area contributed by atoms with Gasteiger partial charge in [-0.05, 0) is 77.8 Å². The highest BCUT2D eigenvalue weighted by Crippen LogP contribution is 2.46. The van der Waals surface area contributed by atoms with Gasteiger partial charge in [0.15, 0.2) is 0 Å². The van der Waals surface area contributed by atoms with E-state index in [0.717, 1.165) is 17.5 Å². The first-order chi connectivity index (χ1) is 14.5. The van der Waals surface area contributed by atoms with E-state index in [4.69, 9.17) is 0 Å². The number of hydrogen-bond donors (Lipinski definition) is 1. The van der Waals surface area contributed by atoms with Crippen LogP contribution < -0.4 is 0 Å². The third-order valence-corrected chi connectivity index (χ3v) is 6.93. The first kappa shape index (κ1) is 23.1. The molecule has 1 aliphatic rings. The number of allylic oxidation sites excluding steroid dienone is 3. The van der Waals surface area contributed by atoms with Crippen molar-refractivity contribution in [2.45, 2.75) is 77.6 Å². The molecule has 0 saturated heterocycles. The molecule has 164 valence electrons. The Morgan fingerprint density at radius 2 is 1.71 bits per heavy atom. The Kier molecular flexibility index (Phi) is 6.59. The minimum atomic E-state index is -0.876. The standard InChI is InChI=1S/C29H36O2/c1-7-8-9-22(12-10-21-11-14-24(27(30)31)20(2)18-21)23-13-15-25-26(19-23)29(5,6)17-16-28(25,3)4/h7-8,10-15,18-19,22H,9,16-17H2,1-6H3,(H,30,31)/b8-7+,12-10+. The average molecular weight is 417 g/mol. The van der Waals surface area contributed by atoms with Crippen LogP contribution in [0.1, 0.15) is 98.0 Å². The molecule has 0 radical (unpaired) electrons. The lowest BCUT2D eigenvalue weighted by molar-refractivity contribution is 0.0696. The van der Waals surface area contributed by atoms with Crippen molar-refractivity contribution in [1.82, 2.24) is 0 Å². The van der Waals surface area contributed by atoms with Gasteiger partial charge in [0.2, 0.25) is 0 Å². The summed E-state index contributed by atoms with van der Waals surface area (Å²) in [6, 6.07) is 12.6. The van der Waals surface area contributed by atoms with E-state index in [2.05, 4.69) is 77.1 Å². The second kappa shape index (κ2) is 8.86. The maximum Gasteiger partial charge on any atom is 0.335 e. The van der Waals surface area contributed by atoms with Crippen molar-refractivity contribution in [3.63, 3.8) is 0 Å². The molecule has 1 unspecified atom stereocenters. The van der Waals surface area contributed by atoms with Crippen molar-refractivity contribution in [3.05, 3.63) is 88.0 Å². The number of fused-ring (bicyclic) bond motifs is 1. The molecular weight excluding hydrogens is 380 g/mol. The van der Waals surface area contributed by atoms with Crippen molar-refractivity contribution in [2.75, 3.05) is 0 Å². The van der Waals surface area contributed by atoms with Gasteiger partial charge < -0.3 is 5.11 Å². The maximum absolute atomic E-state index is 11.3. The van der Waals surface area contributed by atoms with Crippen LogP contribution in [0.4, 0.5) is 0 Å². The normalized spacial score (nSPS) is 18.3. The van der Waals surface area contributed by atoms with E-state index in [-0.39, 0.29) is 16.7 Å². The van der Waals surface area contributed by atoms with E-state index < -0.39 is 5.97 Å². The van der Waals surface area contributed by atoms with Gasteiger partial charge in [-0.25, -0.2) is 4.79 Å². The fraction of sp³-hybridized carbons (Fsp3) is 0.414. The molecule has 31 heavy (non-hydrogen) atoms. The third kappa shape index (κ3) is 5.01. The summed E-state index contributed by atoms with van der Waals surface area (Å²) in [4.78, 5) is 11.3.